The normalized spacial score (nSPS) is 34.4. The number of nitrogens with zero attached hydrogens (tertiary/aromatic N) is 3. The summed E-state index contributed by atoms with van der Waals surface area (Å²) in [7, 11) is 0. The van der Waals surface area contributed by atoms with Crippen molar-refractivity contribution < 1.29 is 4.79 Å². The lowest BCUT2D eigenvalue weighted by Crippen LogP contribution is -2.58. The van der Waals surface area contributed by atoms with E-state index in [2.05, 4.69) is 37.9 Å². The van der Waals surface area contributed by atoms with Gasteiger partial charge in [0.15, 0.2) is 5.13 Å². The van der Waals surface area contributed by atoms with Gasteiger partial charge in [-0.25, -0.2) is 4.98 Å². The monoisotopic (exact) mass is 459 g/mol. The average molecular weight is 460 g/mol. The Hall–Kier alpha value is -1.14. The molecule has 2 heterocycles. The zero-order chi connectivity index (χ0) is 18.9. The molecule has 0 N–H and O–H groups in total. The molecule has 5 fully saturated rings. The number of aromatic nitrogens is 1. The summed E-state index contributed by atoms with van der Waals surface area (Å²) >= 11 is 5.30. The van der Waals surface area contributed by atoms with Crippen LogP contribution in [0.25, 0.3) is 10.2 Å². The number of carbonyl (C=O) groups excluding carboxylic acids is 1. The fourth-order valence-corrected chi connectivity index (χ4v) is 8.40. The van der Waals surface area contributed by atoms with E-state index in [0.717, 1.165) is 59.1 Å². The smallest absolute Gasteiger partial charge is 0.228 e. The van der Waals surface area contributed by atoms with Crippen LogP contribution in [0.1, 0.15) is 38.5 Å². The van der Waals surface area contributed by atoms with Crippen LogP contribution in [0.2, 0.25) is 0 Å². The Balaban J connectivity index is 1.16. The number of benzene rings is 1. The number of halogens is 1. The van der Waals surface area contributed by atoms with Crippen molar-refractivity contribution >= 4 is 48.5 Å². The largest absolute Gasteiger partial charge is 0.345 e. The Labute approximate surface area is 178 Å². The molecule has 7 rings (SSSR count). The zero-order valence-corrected chi connectivity index (χ0v) is 18.5. The van der Waals surface area contributed by atoms with Gasteiger partial charge in [0.2, 0.25) is 5.91 Å². The molecule has 0 spiro atoms. The molecule has 5 aliphatic rings. The number of anilines is 1. The van der Waals surface area contributed by atoms with Crippen LogP contribution in [-0.4, -0.2) is 42.0 Å². The molecule has 4 bridgehead atoms. The molecule has 1 aromatic heterocycles. The van der Waals surface area contributed by atoms with E-state index in [1.54, 1.807) is 11.3 Å². The van der Waals surface area contributed by atoms with Crippen LogP contribution in [0.5, 0.6) is 0 Å². The molecular weight excluding hydrogens is 434 g/mol. The minimum Gasteiger partial charge on any atom is -0.345 e. The molecule has 6 heteroatoms. The minimum atomic E-state index is -0.000933. The highest BCUT2D eigenvalue weighted by Gasteiger charge is 2.55. The van der Waals surface area contributed by atoms with E-state index in [9.17, 15) is 4.79 Å². The Bertz CT molecular complexity index is 898. The van der Waals surface area contributed by atoms with Gasteiger partial charge >= 0.3 is 0 Å². The van der Waals surface area contributed by atoms with Crippen LogP contribution < -0.4 is 4.90 Å². The molecule has 0 atom stereocenters. The second kappa shape index (κ2) is 6.43. The minimum absolute atomic E-state index is 0.000933. The maximum absolute atomic E-state index is 13.6. The molecule has 4 nitrogen and oxygen atoms in total. The Kier molecular flexibility index (Phi) is 4.06. The van der Waals surface area contributed by atoms with Crippen LogP contribution in [0, 0.1) is 23.2 Å². The summed E-state index contributed by atoms with van der Waals surface area (Å²) in [5, 5.41) is 1.09. The second-order valence-corrected chi connectivity index (χ2v) is 11.5. The maximum atomic E-state index is 13.6. The summed E-state index contributed by atoms with van der Waals surface area (Å²) in [6, 6.07) is 6.27. The van der Waals surface area contributed by atoms with Gasteiger partial charge < -0.3 is 9.80 Å². The number of amides is 1. The molecule has 2 aromatic rings. The van der Waals surface area contributed by atoms with Gasteiger partial charge in [-0.3, -0.25) is 4.79 Å². The molecule has 1 saturated heterocycles. The van der Waals surface area contributed by atoms with Gasteiger partial charge in [0.05, 0.1) is 15.6 Å². The topological polar surface area (TPSA) is 36.4 Å². The second-order valence-electron chi connectivity index (χ2n) is 9.59. The van der Waals surface area contributed by atoms with E-state index in [4.69, 9.17) is 4.98 Å². The number of fused-ring (bicyclic) bond motifs is 1. The average Bonchev–Trinajstić information content (AvgIpc) is 3.09. The SMILES string of the molecule is O=C(N1CCN(c2nc3ccc(Br)cc3s2)CC1)C12CC3CC(CC(C3)C1)C2. The lowest BCUT2D eigenvalue weighted by Gasteiger charge is -2.57. The Morgan fingerprint density at radius 3 is 2.32 bits per heavy atom. The predicted octanol–water partition coefficient (Wildman–Crippen LogP) is 4.92. The number of hydrogen-bond acceptors (Lipinski definition) is 4. The van der Waals surface area contributed by atoms with Crippen LogP contribution in [-0.2, 0) is 4.79 Å². The highest BCUT2D eigenvalue weighted by Crippen LogP contribution is 2.60. The van der Waals surface area contributed by atoms with Crippen molar-refractivity contribution in [2.45, 2.75) is 38.5 Å². The highest BCUT2D eigenvalue weighted by molar-refractivity contribution is 9.10. The van der Waals surface area contributed by atoms with Crippen molar-refractivity contribution in [3.63, 3.8) is 0 Å². The third kappa shape index (κ3) is 2.82. The van der Waals surface area contributed by atoms with E-state index < -0.39 is 0 Å². The fourth-order valence-electron chi connectivity index (χ4n) is 6.83. The zero-order valence-electron chi connectivity index (χ0n) is 16.1. The fraction of sp³-hybridized carbons (Fsp3) is 0.636. The summed E-state index contributed by atoms with van der Waals surface area (Å²) in [6.45, 7) is 3.50. The molecular formula is C22H26BrN3OS. The van der Waals surface area contributed by atoms with Gasteiger partial charge in [-0.2, -0.15) is 0 Å². The quantitative estimate of drug-likeness (QED) is 0.638. The first kappa shape index (κ1) is 17.7. The summed E-state index contributed by atoms with van der Waals surface area (Å²) in [5.74, 6) is 2.98. The van der Waals surface area contributed by atoms with Gasteiger partial charge in [-0.15, -0.1) is 0 Å². The standard InChI is InChI=1S/C22H26BrN3OS/c23-17-1-2-18-19(10-17)28-21(24-18)26-5-3-25(4-6-26)20(27)22-11-14-7-15(12-22)9-16(8-14)13-22/h1-2,10,14-16H,3-9,11-13H2. The molecule has 1 amide bonds. The Morgan fingerprint density at radius 1 is 1.04 bits per heavy atom. The third-order valence-corrected chi connectivity index (χ3v) is 9.24. The molecule has 0 unspecified atom stereocenters. The van der Waals surface area contributed by atoms with Crippen LogP contribution in [0.3, 0.4) is 0 Å². The van der Waals surface area contributed by atoms with Crippen molar-refractivity contribution in [2.75, 3.05) is 31.1 Å². The number of carbonyl (C=O) groups is 1. The van der Waals surface area contributed by atoms with E-state index in [1.165, 1.54) is 43.2 Å². The van der Waals surface area contributed by atoms with Gasteiger partial charge in [0, 0.05) is 30.7 Å². The van der Waals surface area contributed by atoms with Crippen LogP contribution >= 0.6 is 27.3 Å². The van der Waals surface area contributed by atoms with Crippen molar-refractivity contribution in [2.24, 2.45) is 23.2 Å². The molecule has 4 aliphatic carbocycles. The first-order chi connectivity index (χ1) is 13.6. The Morgan fingerprint density at radius 2 is 1.68 bits per heavy atom. The van der Waals surface area contributed by atoms with Crippen molar-refractivity contribution in [1.82, 2.24) is 9.88 Å². The first-order valence-corrected chi connectivity index (χ1v) is 12.3. The number of hydrogen-bond donors (Lipinski definition) is 0. The van der Waals surface area contributed by atoms with E-state index in [0.29, 0.717) is 5.91 Å². The third-order valence-electron chi connectivity index (χ3n) is 7.67. The molecule has 148 valence electrons. The van der Waals surface area contributed by atoms with E-state index in [-0.39, 0.29) is 5.41 Å². The number of thiazole rings is 1. The van der Waals surface area contributed by atoms with Gasteiger partial charge in [0.25, 0.3) is 0 Å². The van der Waals surface area contributed by atoms with Crippen molar-refractivity contribution in [3.05, 3.63) is 22.7 Å². The van der Waals surface area contributed by atoms with Crippen molar-refractivity contribution in [1.29, 1.82) is 0 Å². The molecule has 1 aromatic carbocycles. The summed E-state index contributed by atoms with van der Waals surface area (Å²) in [6.07, 6.45) is 7.70. The summed E-state index contributed by atoms with van der Waals surface area (Å²) in [5.41, 5.74) is 1.06. The van der Waals surface area contributed by atoms with Gasteiger partial charge in [-0.05, 0) is 74.5 Å². The molecule has 4 saturated carbocycles. The molecule has 1 aliphatic heterocycles. The predicted molar refractivity (Wildman–Crippen MR) is 117 cm³/mol. The van der Waals surface area contributed by atoms with Crippen LogP contribution in [0.4, 0.5) is 5.13 Å². The van der Waals surface area contributed by atoms with Gasteiger partial charge in [0.1, 0.15) is 0 Å². The number of rotatable bonds is 2. The lowest BCUT2D eigenvalue weighted by atomic mass is 9.49. The first-order valence-electron chi connectivity index (χ1n) is 10.7. The van der Waals surface area contributed by atoms with Crippen molar-refractivity contribution in [3.8, 4) is 0 Å². The lowest BCUT2D eigenvalue weighted by molar-refractivity contribution is -0.158. The van der Waals surface area contributed by atoms with Crippen LogP contribution in [0.15, 0.2) is 22.7 Å². The van der Waals surface area contributed by atoms with E-state index in [1.807, 2.05) is 6.07 Å². The summed E-state index contributed by atoms with van der Waals surface area (Å²) < 4.78 is 2.32. The van der Waals surface area contributed by atoms with E-state index >= 15 is 0 Å². The van der Waals surface area contributed by atoms with Gasteiger partial charge in [-0.1, -0.05) is 27.3 Å². The number of piperazine rings is 1. The highest BCUT2D eigenvalue weighted by atomic mass is 79.9. The maximum Gasteiger partial charge on any atom is 0.228 e. The molecule has 28 heavy (non-hydrogen) atoms. The summed E-state index contributed by atoms with van der Waals surface area (Å²) in [4.78, 5) is 22.9. The molecule has 0 radical (unpaired) electrons.